The van der Waals surface area contributed by atoms with Crippen molar-refractivity contribution in [2.75, 3.05) is 4.72 Å². The lowest BCUT2D eigenvalue weighted by Gasteiger charge is -2.15. The highest BCUT2D eigenvalue weighted by Crippen LogP contribution is 2.27. The lowest BCUT2D eigenvalue weighted by Crippen LogP contribution is -2.23. The number of hydrogen-bond donors (Lipinski definition) is 1. The molecule has 1 N–H and O–H groups in total. The third-order valence-corrected chi connectivity index (χ3v) is 6.46. The predicted molar refractivity (Wildman–Crippen MR) is 103 cm³/mol. The summed E-state index contributed by atoms with van der Waals surface area (Å²) in [5.41, 5.74) is 2.79. The van der Waals surface area contributed by atoms with Crippen molar-refractivity contribution in [2.45, 2.75) is 25.7 Å². The summed E-state index contributed by atoms with van der Waals surface area (Å²) in [5.74, 6) is -1.42. The minimum atomic E-state index is -3.98. The summed E-state index contributed by atoms with van der Waals surface area (Å²) in [7, 11) is -3.98. The molecule has 0 atom stereocenters. The topological polar surface area (TPSA) is 99.2 Å². The minimum Gasteiger partial charge on any atom is -0.545 e. The average molecular weight is 401 g/mol. The van der Waals surface area contributed by atoms with Gasteiger partial charge in [-0.25, -0.2) is 13.4 Å². The van der Waals surface area contributed by atoms with Gasteiger partial charge in [-0.1, -0.05) is 12.1 Å². The van der Waals surface area contributed by atoms with Gasteiger partial charge >= 0.3 is 0 Å². The highest BCUT2D eigenvalue weighted by molar-refractivity contribution is 7.92. The van der Waals surface area contributed by atoms with Gasteiger partial charge in [0.25, 0.3) is 10.0 Å². The van der Waals surface area contributed by atoms with E-state index in [0.717, 1.165) is 22.3 Å². The fourth-order valence-corrected chi connectivity index (χ4v) is 4.69. The van der Waals surface area contributed by atoms with E-state index in [1.165, 1.54) is 17.4 Å². The number of aromatic carboxylic acids is 1. The second-order valence-corrected chi connectivity index (χ2v) is 8.85. The Morgan fingerprint density at radius 2 is 1.89 bits per heavy atom. The molecule has 0 saturated heterocycles. The van der Waals surface area contributed by atoms with Gasteiger partial charge in [-0.05, 0) is 61.7 Å². The van der Waals surface area contributed by atoms with E-state index in [1.54, 1.807) is 32.0 Å². The maximum absolute atomic E-state index is 12.9. The van der Waals surface area contributed by atoms with Crippen LogP contribution in [0.15, 0.2) is 46.7 Å². The van der Waals surface area contributed by atoms with Gasteiger partial charge in [0.1, 0.15) is 0 Å². The summed E-state index contributed by atoms with van der Waals surface area (Å²) in [6, 6.07) is 9.42. The van der Waals surface area contributed by atoms with Crippen LogP contribution in [0.2, 0.25) is 0 Å². The summed E-state index contributed by atoms with van der Waals surface area (Å²) < 4.78 is 28.2. The summed E-state index contributed by atoms with van der Waals surface area (Å²) in [6.45, 7) is 5.19. The number of carboxylic acids is 1. The van der Waals surface area contributed by atoms with Crippen LogP contribution in [0.25, 0.3) is 11.3 Å². The fourth-order valence-electron chi connectivity index (χ4n) is 2.67. The summed E-state index contributed by atoms with van der Waals surface area (Å²) >= 11 is 1.51. The van der Waals surface area contributed by atoms with Crippen molar-refractivity contribution in [2.24, 2.45) is 0 Å². The number of nitrogens with zero attached hydrogens (tertiary/aromatic N) is 1. The Kier molecular flexibility index (Phi) is 5.03. The van der Waals surface area contributed by atoms with Crippen LogP contribution in [-0.4, -0.2) is 19.4 Å². The van der Waals surface area contributed by atoms with Gasteiger partial charge in [0, 0.05) is 16.6 Å². The molecule has 6 nitrogen and oxygen atoms in total. The normalized spacial score (nSPS) is 11.4. The maximum atomic E-state index is 12.9. The second-order valence-electron chi connectivity index (χ2n) is 6.14. The van der Waals surface area contributed by atoms with Crippen LogP contribution >= 0.6 is 11.3 Å². The Labute approximate surface area is 161 Å². The van der Waals surface area contributed by atoms with Crippen molar-refractivity contribution in [3.63, 3.8) is 0 Å². The van der Waals surface area contributed by atoms with E-state index in [9.17, 15) is 18.3 Å². The molecule has 2 aromatic carbocycles. The van der Waals surface area contributed by atoms with E-state index < -0.39 is 16.0 Å². The van der Waals surface area contributed by atoms with Gasteiger partial charge in [-0.15, -0.1) is 11.3 Å². The molecule has 0 fully saturated rings. The van der Waals surface area contributed by atoms with Crippen molar-refractivity contribution >= 4 is 33.0 Å². The molecule has 3 rings (SSSR count). The molecule has 0 aliphatic heterocycles. The first-order valence-electron chi connectivity index (χ1n) is 8.05. The van der Waals surface area contributed by atoms with Crippen molar-refractivity contribution in [1.82, 2.24) is 4.98 Å². The molecule has 0 aliphatic rings. The highest BCUT2D eigenvalue weighted by Gasteiger charge is 2.20. The predicted octanol–water partition coefficient (Wildman–Crippen LogP) is 2.90. The zero-order chi connectivity index (χ0) is 19.8. The zero-order valence-electron chi connectivity index (χ0n) is 14.9. The van der Waals surface area contributed by atoms with Gasteiger partial charge in [0.2, 0.25) is 0 Å². The second kappa shape index (κ2) is 7.13. The molecule has 0 saturated carbocycles. The number of aryl methyl sites for hydroxylation is 2. The molecule has 1 heterocycles. The van der Waals surface area contributed by atoms with E-state index in [4.69, 9.17) is 0 Å². The number of hydrogen-bond acceptors (Lipinski definition) is 6. The molecule has 27 heavy (non-hydrogen) atoms. The number of sulfonamides is 1. The molecule has 0 radical (unpaired) electrons. The van der Waals surface area contributed by atoms with E-state index in [2.05, 4.69) is 9.71 Å². The molecule has 0 unspecified atom stereocenters. The monoisotopic (exact) mass is 401 g/mol. The smallest absolute Gasteiger partial charge is 0.262 e. The SMILES string of the molecule is Cc1nc(-c2cccc(NS(=O)(=O)c3cc(C(=O)[O-])cc(C)c3C)c2)cs1. The fraction of sp³-hybridized carbons (Fsp3) is 0.158. The van der Waals surface area contributed by atoms with E-state index >= 15 is 0 Å². The largest absolute Gasteiger partial charge is 0.545 e. The summed E-state index contributed by atoms with van der Waals surface area (Å²) in [5, 5.41) is 14.0. The van der Waals surface area contributed by atoms with Crippen molar-refractivity contribution < 1.29 is 18.3 Å². The lowest BCUT2D eigenvalue weighted by molar-refractivity contribution is -0.255. The number of carboxylic acid groups (broad SMARTS) is 1. The van der Waals surface area contributed by atoms with Gasteiger partial charge in [-0.3, -0.25) is 4.72 Å². The first-order valence-corrected chi connectivity index (χ1v) is 10.4. The van der Waals surface area contributed by atoms with E-state index in [-0.39, 0.29) is 10.5 Å². The third kappa shape index (κ3) is 4.01. The highest BCUT2D eigenvalue weighted by atomic mass is 32.2. The van der Waals surface area contributed by atoms with Crippen LogP contribution in [0.3, 0.4) is 0 Å². The maximum Gasteiger partial charge on any atom is 0.262 e. The molecule has 8 heteroatoms. The molecule has 0 aliphatic carbocycles. The van der Waals surface area contributed by atoms with Crippen LogP contribution in [0.5, 0.6) is 0 Å². The van der Waals surface area contributed by atoms with Crippen LogP contribution < -0.4 is 9.83 Å². The minimum absolute atomic E-state index is 0.0865. The first-order chi connectivity index (χ1) is 12.7. The zero-order valence-corrected chi connectivity index (χ0v) is 16.6. The Bertz CT molecular complexity index is 1130. The number of thiazole rings is 1. The van der Waals surface area contributed by atoms with Crippen LogP contribution in [0.4, 0.5) is 5.69 Å². The quantitative estimate of drug-likeness (QED) is 0.709. The number of rotatable bonds is 5. The Morgan fingerprint density at radius 1 is 1.15 bits per heavy atom. The van der Waals surface area contributed by atoms with Crippen LogP contribution in [0, 0.1) is 20.8 Å². The van der Waals surface area contributed by atoms with Crippen molar-refractivity contribution in [3.8, 4) is 11.3 Å². The van der Waals surface area contributed by atoms with Crippen molar-refractivity contribution in [3.05, 3.63) is 63.5 Å². The number of carbonyl (C=O) groups is 1. The summed E-state index contributed by atoms with van der Waals surface area (Å²) in [4.78, 5) is 15.5. The molecule has 3 aromatic rings. The van der Waals surface area contributed by atoms with Gasteiger partial charge in [0.15, 0.2) is 0 Å². The van der Waals surface area contributed by atoms with Gasteiger partial charge < -0.3 is 9.90 Å². The van der Waals surface area contributed by atoms with Crippen LogP contribution in [-0.2, 0) is 10.0 Å². The number of aromatic nitrogens is 1. The average Bonchev–Trinajstić information content (AvgIpc) is 3.03. The van der Waals surface area contributed by atoms with Crippen LogP contribution in [0.1, 0.15) is 26.5 Å². The standard InChI is InChI=1S/C19H18N2O4S2/c1-11-7-15(19(22)23)9-18(12(11)2)27(24,25)21-16-6-4-5-14(8-16)17-10-26-13(3)20-17/h4-10,21H,1-3H3,(H,22,23)/p-1. The molecular formula is C19H17N2O4S2-. The Hall–Kier alpha value is -2.71. The molecule has 0 bridgehead atoms. The van der Waals surface area contributed by atoms with Crippen molar-refractivity contribution in [1.29, 1.82) is 0 Å². The number of nitrogens with one attached hydrogen (secondary N) is 1. The van der Waals surface area contributed by atoms with E-state index in [0.29, 0.717) is 16.8 Å². The van der Waals surface area contributed by atoms with E-state index in [1.807, 2.05) is 18.4 Å². The molecule has 140 valence electrons. The summed E-state index contributed by atoms with van der Waals surface area (Å²) in [6.07, 6.45) is 0. The van der Waals surface area contributed by atoms with Gasteiger partial charge in [0.05, 0.1) is 21.6 Å². The molecular weight excluding hydrogens is 384 g/mol. The first kappa shape index (κ1) is 19.1. The molecule has 0 amide bonds. The number of carbonyl (C=O) groups excluding carboxylic acids is 1. The molecule has 1 aromatic heterocycles. The lowest BCUT2D eigenvalue weighted by atomic mass is 10.1. The number of benzene rings is 2. The Morgan fingerprint density at radius 3 is 2.52 bits per heavy atom. The third-order valence-electron chi connectivity index (χ3n) is 4.17. The molecule has 0 spiro atoms. The number of anilines is 1. The van der Waals surface area contributed by atoms with Gasteiger partial charge in [-0.2, -0.15) is 0 Å². The Balaban J connectivity index is 1.99.